The molecule has 26 heavy (non-hydrogen) atoms. The molecule has 3 unspecified atom stereocenters. The summed E-state index contributed by atoms with van der Waals surface area (Å²) in [5, 5.41) is 12.2. The average molecular weight is 347 g/mol. The first-order valence-corrected chi connectivity index (χ1v) is 9.63. The lowest BCUT2D eigenvalue weighted by Crippen LogP contribution is -2.35. The van der Waals surface area contributed by atoms with Crippen molar-refractivity contribution in [3.63, 3.8) is 0 Å². The van der Waals surface area contributed by atoms with E-state index in [0.717, 1.165) is 18.5 Å². The number of aryl methyl sites for hydroxylation is 1. The zero-order valence-electron chi connectivity index (χ0n) is 15.2. The van der Waals surface area contributed by atoms with E-state index in [9.17, 15) is 5.11 Å². The van der Waals surface area contributed by atoms with Gasteiger partial charge < -0.3 is 9.67 Å². The highest BCUT2D eigenvalue weighted by Gasteiger charge is 2.40. The third-order valence-corrected chi connectivity index (χ3v) is 6.33. The standard InChI is InChI=1S/C22H25N3O/c1-24-18-6-3-2-5-17(18)21-19-7-4-12-25(19)14-16(22(21)24)13-20(26)15-8-10-23-11-9-15/h2-3,5-6,8-11,16,19-20,26H,4,7,12-14H2,1H3. The summed E-state index contributed by atoms with van der Waals surface area (Å²) < 4.78 is 2.38. The fourth-order valence-electron chi connectivity index (χ4n) is 5.20. The van der Waals surface area contributed by atoms with Crippen LogP contribution in [0.4, 0.5) is 0 Å². The van der Waals surface area contributed by atoms with Crippen molar-refractivity contribution in [2.24, 2.45) is 7.05 Å². The third kappa shape index (κ3) is 2.40. The number of hydrogen-bond acceptors (Lipinski definition) is 3. The molecule has 4 heteroatoms. The molecule has 1 N–H and O–H groups in total. The molecule has 3 atom stereocenters. The van der Waals surface area contributed by atoms with Crippen LogP contribution < -0.4 is 0 Å². The van der Waals surface area contributed by atoms with E-state index in [-0.39, 0.29) is 0 Å². The van der Waals surface area contributed by atoms with Gasteiger partial charge in [0.25, 0.3) is 0 Å². The van der Waals surface area contributed by atoms with Gasteiger partial charge in [0.1, 0.15) is 0 Å². The lowest BCUT2D eigenvalue weighted by molar-refractivity contribution is 0.132. The molecule has 0 bridgehead atoms. The van der Waals surface area contributed by atoms with Crippen LogP contribution in [0.2, 0.25) is 0 Å². The van der Waals surface area contributed by atoms with Crippen molar-refractivity contribution < 1.29 is 5.11 Å². The van der Waals surface area contributed by atoms with Gasteiger partial charge in [0.15, 0.2) is 0 Å². The SMILES string of the molecule is Cn1c2c(c3ccccc31)C1CCCN1CC2CC(O)c1ccncc1. The number of para-hydroxylation sites is 1. The van der Waals surface area contributed by atoms with Crippen molar-refractivity contribution in [1.29, 1.82) is 0 Å². The van der Waals surface area contributed by atoms with Crippen LogP contribution >= 0.6 is 0 Å². The number of nitrogens with zero attached hydrogens (tertiary/aromatic N) is 3. The van der Waals surface area contributed by atoms with Crippen LogP contribution in [0.15, 0.2) is 48.8 Å². The Bertz CT molecular complexity index is 933. The van der Waals surface area contributed by atoms with Crippen molar-refractivity contribution >= 4 is 10.9 Å². The Hall–Kier alpha value is -2.17. The van der Waals surface area contributed by atoms with Crippen LogP contribution in [-0.2, 0) is 7.05 Å². The Morgan fingerprint density at radius 2 is 2.00 bits per heavy atom. The monoisotopic (exact) mass is 347 g/mol. The molecular formula is C22H25N3O. The minimum atomic E-state index is -0.451. The lowest BCUT2D eigenvalue weighted by Gasteiger charge is -2.37. The Labute approximate surface area is 154 Å². The number of pyridine rings is 1. The van der Waals surface area contributed by atoms with Crippen LogP contribution in [0.5, 0.6) is 0 Å². The summed E-state index contributed by atoms with van der Waals surface area (Å²) in [6.07, 6.45) is 6.35. The normalized spacial score (nSPS) is 23.8. The number of fused-ring (bicyclic) bond motifs is 5. The second-order valence-electron chi connectivity index (χ2n) is 7.76. The van der Waals surface area contributed by atoms with Crippen molar-refractivity contribution in [2.75, 3.05) is 13.1 Å². The topological polar surface area (TPSA) is 41.3 Å². The number of aliphatic hydroxyl groups excluding tert-OH is 1. The van der Waals surface area contributed by atoms with Gasteiger partial charge in [0.05, 0.1) is 6.10 Å². The van der Waals surface area contributed by atoms with Crippen molar-refractivity contribution in [3.05, 3.63) is 65.6 Å². The summed E-state index contributed by atoms with van der Waals surface area (Å²) in [5.74, 6) is 0.347. The van der Waals surface area contributed by atoms with Gasteiger partial charge in [-0.05, 0) is 55.1 Å². The van der Waals surface area contributed by atoms with Gasteiger partial charge in [0.2, 0.25) is 0 Å². The van der Waals surface area contributed by atoms with Gasteiger partial charge in [-0.25, -0.2) is 0 Å². The Kier molecular flexibility index (Phi) is 3.84. The maximum atomic E-state index is 10.8. The lowest BCUT2D eigenvalue weighted by atomic mass is 9.85. The molecule has 0 amide bonds. The zero-order valence-corrected chi connectivity index (χ0v) is 15.2. The van der Waals surface area contributed by atoms with Gasteiger partial charge in [-0.1, -0.05) is 18.2 Å². The van der Waals surface area contributed by atoms with Crippen LogP contribution in [0, 0.1) is 0 Å². The van der Waals surface area contributed by atoms with Gasteiger partial charge >= 0.3 is 0 Å². The van der Waals surface area contributed by atoms with E-state index < -0.39 is 6.10 Å². The highest BCUT2D eigenvalue weighted by Crippen LogP contribution is 2.48. The number of rotatable bonds is 3. The highest BCUT2D eigenvalue weighted by atomic mass is 16.3. The first kappa shape index (κ1) is 16.0. The van der Waals surface area contributed by atoms with E-state index in [1.807, 2.05) is 12.1 Å². The molecule has 5 rings (SSSR count). The second-order valence-corrected chi connectivity index (χ2v) is 7.76. The van der Waals surface area contributed by atoms with E-state index >= 15 is 0 Å². The molecule has 1 aromatic carbocycles. The zero-order chi connectivity index (χ0) is 17.7. The number of hydrogen-bond donors (Lipinski definition) is 1. The molecule has 0 aliphatic carbocycles. The fourth-order valence-corrected chi connectivity index (χ4v) is 5.20. The quantitative estimate of drug-likeness (QED) is 0.780. The predicted molar refractivity (Wildman–Crippen MR) is 103 cm³/mol. The van der Waals surface area contributed by atoms with Gasteiger partial charge in [-0.2, -0.15) is 0 Å². The fraction of sp³-hybridized carbons (Fsp3) is 0.409. The van der Waals surface area contributed by atoms with Crippen LogP contribution in [-0.4, -0.2) is 32.6 Å². The minimum Gasteiger partial charge on any atom is -0.388 e. The number of aliphatic hydroxyl groups is 1. The van der Waals surface area contributed by atoms with Crippen LogP contribution in [0.25, 0.3) is 10.9 Å². The molecule has 2 aromatic heterocycles. The van der Waals surface area contributed by atoms with Crippen LogP contribution in [0.3, 0.4) is 0 Å². The Morgan fingerprint density at radius 3 is 2.85 bits per heavy atom. The number of aromatic nitrogens is 2. The van der Waals surface area contributed by atoms with Gasteiger partial charge in [-0.15, -0.1) is 0 Å². The van der Waals surface area contributed by atoms with Gasteiger partial charge in [-0.3, -0.25) is 9.88 Å². The van der Waals surface area contributed by atoms with Crippen molar-refractivity contribution in [1.82, 2.24) is 14.5 Å². The molecule has 134 valence electrons. The van der Waals surface area contributed by atoms with Crippen molar-refractivity contribution in [3.8, 4) is 0 Å². The predicted octanol–water partition coefficient (Wildman–Crippen LogP) is 3.93. The first-order chi connectivity index (χ1) is 12.7. The molecule has 0 spiro atoms. The molecule has 4 nitrogen and oxygen atoms in total. The number of benzene rings is 1. The first-order valence-electron chi connectivity index (χ1n) is 9.63. The molecule has 0 radical (unpaired) electrons. The Balaban J connectivity index is 1.59. The van der Waals surface area contributed by atoms with E-state index in [2.05, 4.69) is 45.8 Å². The smallest absolute Gasteiger partial charge is 0.0798 e. The highest BCUT2D eigenvalue weighted by molar-refractivity contribution is 5.86. The molecule has 3 aromatic rings. The second kappa shape index (κ2) is 6.22. The van der Waals surface area contributed by atoms with Crippen LogP contribution in [0.1, 0.15) is 54.1 Å². The largest absolute Gasteiger partial charge is 0.388 e. The summed E-state index contributed by atoms with van der Waals surface area (Å²) in [4.78, 5) is 6.71. The average Bonchev–Trinajstić information content (AvgIpc) is 3.26. The van der Waals surface area contributed by atoms with E-state index in [0.29, 0.717) is 12.0 Å². The molecule has 1 saturated heterocycles. The summed E-state index contributed by atoms with van der Waals surface area (Å²) in [6.45, 7) is 2.22. The third-order valence-electron chi connectivity index (χ3n) is 6.33. The molecule has 1 fully saturated rings. The maximum Gasteiger partial charge on any atom is 0.0798 e. The molecular weight excluding hydrogens is 322 g/mol. The minimum absolute atomic E-state index is 0.347. The van der Waals surface area contributed by atoms with E-state index in [1.54, 1.807) is 12.4 Å². The summed E-state index contributed by atoms with van der Waals surface area (Å²) in [7, 11) is 2.19. The molecule has 2 aliphatic rings. The molecule has 0 saturated carbocycles. The Morgan fingerprint density at radius 1 is 1.19 bits per heavy atom. The molecule has 4 heterocycles. The van der Waals surface area contributed by atoms with E-state index in [1.165, 1.54) is 41.5 Å². The van der Waals surface area contributed by atoms with E-state index in [4.69, 9.17) is 0 Å². The molecule has 2 aliphatic heterocycles. The maximum absolute atomic E-state index is 10.8. The summed E-state index contributed by atoms with van der Waals surface area (Å²) in [6, 6.07) is 13.2. The van der Waals surface area contributed by atoms with Gasteiger partial charge in [0, 0.05) is 54.5 Å². The summed E-state index contributed by atoms with van der Waals surface area (Å²) >= 11 is 0. The van der Waals surface area contributed by atoms with Crippen molar-refractivity contribution in [2.45, 2.75) is 37.3 Å². The summed E-state index contributed by atoms with van der Waals surface area (Å²) in [5.41, 5.74) is 5.22.